The van der Waals surface area contributed by atoms with E-state index in [2.05, 4.69) is 20.1 Å². The Morgan fingerprint density at radius 1 is 1.39 bits per heavy atom. The highest BCUT2D eigenvalue weighted by Crippen LogP contribution is 2.39. The minimum atomic E-state index is -0.280. The Morgan fingerprint density at radius 3 is 2.89 bits per heavy atom. The van der Waals surface area contributed by atoms with E-state index in [0.29, 0.717) is 11.8 Å². The van der Waals surface area contributed by atoms with Crippen LogP contribution in [0.3, 0.4) is 0 Å². The molecule has 0 aromatic carbocycles. The van der Waals surface area contributed by atoms with Crippen molar-refractivity contribution in [1.29, 1.82) is 0 Å². The molecule has 2 aromatic heterocycles. The van der Waals surface area contributed by atoms with E-state index < -0.39 is 0 Å². The van der Waals surface area contributed by atoms with Crippen molar-refractivity contribution in [1.82, 2.24) is 20.1 Å². The minimum Gasteiger partial charge on any atom is -0.336 e. The van der Waals surface area contributed by atoms with Crippen molar-refractivity contribution in [2.24, 2.45) is 5.73 Å². The Morgan fingerprint density at radius 2 is 2.22 bits per heavy atom. The molecule has 94 valence electrons. The molecule has 3 N–H and O–H groups in total. The molecule has 2 aromatic rings. The zero-order valence-corrected chi connectivity index (χ0v) is 10.0. The van der Waals surface area contributed by atoms with Gasteiger partial charge in [0.25, 0.3) is 5.89 Å². The molecular weight excluding hydrogens is 230 g/mol. The number of rotatable bonds is 3. The maximum atomic E-state index is 6.22. The minimum absolute atomic E-state index is 0.280. The largest absolute Gasteiger partial charge is 0.336 e. The second kappa shape index (κ2) is 3.41. The monoisotopic (exact) mass is 245 g/mol. The van der Waals surface area contributed by atoms with Crippen LogP contribution in [0.1, 0.15) is 49.7 Å². The molecule has 2 heterocycles. The molecule has 6 nitrogen and oxygen atoms in total. The molecule has 4 rings (SSSR count). The smallest absolute Gasteiger partial charge is 0.275 e. The first kappa shape index (κ1) is 10.3. The molecule has 2 saturated carbocycles. The van der Waals surface area contributed by atoms with Crippen molar-refractivity contribution < 1.29 is 4.52 Å². The standard InChI is InChI=1S/C12H15N5O/c13-12(4-1-5-12)11-14-6-8(15-11)10-16-9(17-18-10)7-2-3-7/h6-7H,1-5,13H2,(H,14,15). The van der Waals surface area contributed by atoms with Crippen molar-refractivity contribution >= 4 is 0 Å². The van der Waals surface area contributed by atoms with Gasteiger partial charge in [0.05, 0.1) is 11.7 Å². The fraction of sp³-hybridized carbons (Fsp3) is 0.583. The van der Waals surface area contributed by atoms with Gasteiger partial charge in [-0.15, -0.1) is 0 Å². The second-order valence-electron chi connectivity index (χ2n) is 5.39. The highest BCUT2D eigenvalue weighted by atomic mass is 16.5. The number of hydrogen-bond donors (Lipinski definition) is 2. The zero-order valence-electron chi connectivity index (χ0n) is 10.0. The molecule has 0 amide bonds. The van der Waals surface area contributed by atoms with E-state index in [1.54, 1.807) is 6.20 Å². The van der Waals surface area contributed by atoms with Crippen molar-refractivity contribution in [2.75, 3.05) is 0 Å². The maximum absolute atomic E-state index is 6.22. The van der Waals surface area contributed by atoms with Gasteiger partial charge in [-0.25, -0.2) is 4.98 Å². The zero-order chi connectivity index (χ0) is 12.2. The average Bonchev–Trinajstić information content (AvgIpc) is 2.90. The molecule has 18 heavy (non-hydrogen) atoms. The van der Waals surface area contributed by atoms with Crippen LogP contribution in [-0.4, -0.2) is 20.1 Å². The van der Waals surface area contributed by atoms with Crippen LogP contribution in [0.4, 0.5) is 0 Å². The van der Waals surface area contributed by atoms with E-state index in [1.165, 1.54) is 19.3 Å². The predicted molar refractivity (Wildman–Crippen MR) is 63.6 cm³/mol. The molecule has 0 bridgehead atoms. The summed E-state index contributed by atoms with van der Waals surface area (Å²) >= 11 is 0. The Labute approximate surface area is 104 Å². The first-order chi connectivity index (χ1) is 8.74. The number of aromatic nitrogens is 4. The van der Waals surface area contributed by atoms with Crippen LogP contribution >= 0.6 is 0 Å². The van der Waals surface area contributed by atoms with Gasteiger partial charge < -0.3 is 15.2 Å². The molecule has 2 fully saturated rings. The summed E-state index contributed by atoms with van der Waals surface area (Å²) in [6, 6.07) is 0. The Bertz CT molecular complexity index is 579. The van der Waals surface area contributed by atoms with Crippen LogP contribution in [0.25, 0.3) is 11.6 Å². The third-order valence-electron chi connectivity index (χ3n) is 3.91. The van der Waals surface area contributed by atoms with Crippen molar-refractivity contribution in [2.45, 2.75) is 43.6 Å². The van der Waals surface area contributed by atoms with E-state index in [4.69, 9.17) is 10.3 Å². The van der Waals surface area contributed by atoms with Crippen LogP contribution in [-0.2, 0) is 5.54 Å². The lowest BCUT2D eigenvalue weighted by Gasteiger charge is -2.35. The molecule has 0 saturated heterocycles. The highest BCUT2D eigenvalue weighted by Gasteiger charge is 2.37. The number of aromatic amines is 1. The first-order valence-corrected chi connectivity index (χ1v) is 6.43. The van der Waals surface area contributed by atoms with Crippen molar-refractivity contribution in [3.05, 3.63) is 17.8 Å². The molecule has 0 spiro atoms. The van der Waals surface area contributed by atoms with E-state index in [-0.39, 0.29) is 5.54 Å². The number of nitrogens with one attached hydrogen (secondary N) is 1. The summed E-state index contributed by atoms with van der Waals surface area (Å²) in [5.74, 6) is 2.65. The van der Waals surface area contributed by atoms with E-state index >= 15 is 0 Å². The highest BCUT2D eigenvalue weighted by molar-refractivity contribution is 5.46. The van der Waals surface area contributed by atoms with Crippen LogP contribution in [0.5, 0.6) is 0 Å². The predicted octanol–water partition coefficient (Wildman–Crippen LogP) is 1.67. The summed E-state index contributed by atoms with van der Waals surface area (Å²) in [5.41, 5.74) is 6.70. The van der Waals surface area contributed by atoms with Gasteiger partial charge in [-0.3, -0.25) is 0 Å². The fourth-order valence-electron chi connectivity index (χ4n) is 2.33. The molecule has 0 atom stereocenters. The topological polar surface area (TPSA) is 93.6 Å². The Balaban J connectivity index is 1.63. The van der Waals surface area contributed by atoms with E-state index in [1.807, 2.05) is 0 Å². The lowest BCUT2D eigenvalue weighted by molar-refractivity contribution is 0.240. The van der Waals surface area contributed by atoms with Crippen LogP contribution < -0.4 is 5.73 Å². The third-order valence-corrected chi connectivity index (χ3v) is 3.91. The van der Waals surface area contributed by atoms with Gasteiger partial charge in [0.15, 0.2) is 5.82 Å². The number of imidazole rings is 1. The van der Waals surface area contributed by atoms with Crippen LogP contribution in [0.2, 0.25) is 0 Å². The number of hydrogen-bond acceptors (Lipinski definition) is 5. The van der Waals surface area contributed by atoms with Gasteiger partial charge in [0.2, 0.25) is 0 Å². The summed E-state index contributed by atoms with van der Waals surface area (Å²) < 4.78 is 5.26. The van der Waals surface area contributed by atoms with Gasteiger partial charge in [-0.1, -0.05) is 5.16 Å². The SMILES string of the molecule is NC1(c2ncc(-c3nc(C4CC4)no3)[nH]2)CCC1. The van der Waals surface area contributed by atoms with E-state index in [0.717, 1.165) is 30.2 Å². The number of nitrogens with two attached hydrogens (primary N) is 1. The molecule has 2 aliphatic rings. The lowest BCUT2D eigenvalue weighted by Crippen LogP contribution is -2.44. The van der Waals surface area contributed by atoms with Gasteiger partial charge >= 0.3 is 0 Å². The molecule has 6 heteroatoms. The lowest BCUT2D eigenvalue weighted by atomic mass is 9.77. The summed E-state index contributed by atoms with van der Waals surface area (Å²) in [5, 5.41) is 4.00. The van der Waals surface area contributed by atoms with Crippen LogP contribution in [0, 0.1) is 0 Å². The van der Waals surface area contributed by atoms with Crippen molar-refractivity contribution in [3.8, 4) is 11.6 Å². The summed E-state index contributed by atoms with van der Waals surface area (Å²) in [4.78, 5) is 12.0. The normalized spacial score (nSPS) is 21.8. The molecular formula is C12H15N5O. The quantitative estimate of drug-likeness (QED) is 0.857. The third kappa shape index (κ3) is 1.49. The molecule has 0 radical (unpaired) electrons. The molecule has 0 unspecified atom stereocenters. The Hall–Kier alpha value is -1.69. The van der Waals surface area contributed by atoms with Gasteiger partial charge in [-0.2, -0.15) is 4.98 Å². The van der Waals surface area contributed by atoms with Gasteiger partial charge in [0, 0.05) is 5.92 Å². The molecule has 0 aliphatic heterocycles. The summed E-state index contributed by atoms with van der Waals surface area (Å²) in [7, 11) is 0. The molecule has 2 aliphatic carbocycles. The second-order valence-corrected chi connectivity index (χ2v) is 5.39. The van der Waals surface area contributed by atoms with Gasteiger partial charge in [0.1, 0.15) is 11.5 Å². The number of nitrogens with zero attached hydrogens (tertiary/aromatic N) is 3. The maximum Gasteiger partial charge on any atom is 0.275 e. The van der Waals surface area contributed by atoms with Crippen LogP contribution in [0.15, 0.2) is 10.7 Å². The fourth-order valence-corrected chi connectivity index (χ4v) is 2.33. The average molecular weight is 245 g/mol. The van der Waals surface area contributed by atoms with E-state index in [9.17, 15) is 0 Å². The summed E-state index contributed by atoms with van der Waals surface area (Å²) in [6.45, 7) is 0. The number of H-pyrrole nitrogens is 1. The summed E-state index contributed by atoms with van der Waals surface area (Å²) in [6.07, 6.45) is 7.19. The van der Waals surface area contributed by atoms with Crippen molar-refractivity contribution in [3.63, 3.8) is 0 Å². The first-order valence-electron chi connectivity index (χ1n) is 6.43. The Kier molecular flexibility index (Phi) is 1.94. The van der Waals surface area contributed by atoms with Gasteiger partial charge in [-0.05, 0) is 32.1 Å².